The van der Waals surface area contributed by atoms with Gasteiger partial charge in [-0.15, -0.1) is 0 Å². The molecule has 0 bridgehead atoms. The van der Waals surface area contributed by atoms with E-state index in [4.69, 9.17) is 5.73 Å². The number of aromatic hydroxyl groups is 1. The van der Waals surface area contributed by atoms with Crippen LogP contribution in [0.25, 0.3) is 22.3 Å². The van der Waals surface area contributed by atoms with Gasteiger partial charge in [-0.05, 0) is 45.0 Å². The number of fused-ring (bicyclic) bond motifs is 1. The number of benzene rings is 1. The van der Waals surface area contributed by atoms with Gasteiger partial charge < -0.3 is 15.7 Å². The van der Waals surface area contributed by atoms with E-state index in [1.54, 1.807) is 49.3 Å². The van der Waals surface area contributed by atoms with E-state index in [9.17, 15) is 9.90 Å². The lowest BCUT2D eigenvalue weighted by molar-refractivity contribution is 0.0787. The number of aromatic nitrogens is 5. The standard InChI is InChI=1S/C23H25N7O2/c1-5-30-14(3)15(10-26-30)12-29(4)23(32)18-9-20(21-11-25-22(24)13(2)27-21)28-19-7-6-16(31)8-17(18)19/h6-11,31H,5,12H2,1-4H3,(H2,24,25). The molecule has 0 saturated carbocycles. The van der Waals surface area contributed by atoms with Crippen molar-refractivity contribution in [3.63, 3.8) is 0 Å². The predicted molar refractivity (Wildman–Crippen MR) is 122 cm³/mol. The van der Waals surface area contributed by atoms with Crippen LogP contribution < -0.4 is 5.73 Å². The molecule has 3 aromatic heterocycles. The molecule has 164 valence electrons. The van der Waals surface area contributed by atoms with Gasteiger partial charge in [0.25, 0.3) is 5.91 Å². The molecule has 1 aromatic carbocycles. The highest BCUT2D eigenvalue weighted by Crippen LogP contribution is 2.28. The van der Waals surface area contributed by atoms with Crippen molar-refractivity contribution in [1.29, 1.82) is 0 Å². The van der Waals surface area contributed by atoms with E-state index in [0.717, 1.165) is 17.8 Å². The molecule has 0 atom stereocenters. The first kappa shape index (κ1) is 21.2. The Kier molecular flexibility index (Phi) is 5.48. The minimum absolute atomic E-state index is 0.0620. The lowest BCUT2D eigenvalue weighted by Crippen LogP contribution is -2.27. The smallest absolute Gasteiger partial charge is 0.254 e. The van der Waals surface area contributed by atoms with E-state index in [1.165, 1.54) is 6.20 Å². The van der Waals surface area contributed by atoms with Crippen LogP contribution in [0.3, 0.4) is 0 Å². The molecule has 9 nitrogen and oxygen atoms in total. The van der Waals surface area contributed by atoms with Crippen molar-refractivity contribution in [3.8, 4) is 17.1 Å². The van der Waals surface area contributed by atoms with E-state index < -0.39 is 0 Å². The van der Waals surface area contributed by atoms with Gasteiger partial charge in [-0.3, -0.25) is 9.48 Å². The maximum Gasteiger partial charge on any atom is 0.254 e. The van der Waals surface area contributed by atoms with Crippen molar-refractivity contribution in [2.45, 2.75) is 33.9 Å². The number of carbonyl (C=O) groups is 1. The largest absolute Gasteiger partial charge is 0.508 e. The zero-order valence-electron chi connectivity index (χ0n) is 18.5. The predicted octanol–water partition coefficient (Wildman–Crippen LogP) is 3.09. The lowest BCUT2D eigenvalue weighted by Gasteiger charge is -2.19. The topological polar surface area (TPSA) is 123 Å². The number of anilines is 1. The van der Waals surface area contributed by atoms with Gasteiger partial charge in [-0.25, -0.2) is 15.0 Å². The van der Waals surface area contributed by atoms with E-state index in [2.05, 4.69) is 20.1 Å². The molecular formula is C23H25N7O2. The average molecular weight is 432 g/mol. The number of hydrogen-bond acceptors (Lipinski definition) is 7. The van der Waals surface area contributed by atoms with Gasteiger partial charge >= 0.3 is 0 Å². The fourth-order valence-electron chi connectivity index (χ4n) is 3.63. The minimum atomic E-state index is -0.201. The molecular weight excluding hydrogens is 406 g/mol. The van der Waals surface area contributed by atoms with E-state index in [-0.39, 0.29) is 11.7 Å². The van der Waals surface area contributed by atoms with Gasteiger partial charge in [0.2, 0.25) is 0 Å². The summed E-state index contributed by atoms with van der Waals surface area (Å²) in [5.74, 6) is 0.207. The van der Waals surface area contributed by atoms with Crippen molar-refractivity contribution < 1.29 is 9.90 Å². The molecule has 32 heavy (non-hydrogen) atoms. The molecule has 0 aliphatic rings. The van der Waals surface area contributed by atoms with Crippen LogP contribution >= 0.6 is 0 Å². The summed E-state index contributed by atoms with van der Waals surface area (Å²) in [6.45, 7) is 6.96. The molecule has 0 aliphatic heterocycles. The molecule has 4 rings (SSSR count). The molecule has 0 saturated heterocycles. The maximum absolute atomic E-state index is 13.5. The third-order valence-corrected chi connectivity index (χ3v) is 5.53. The molecule has 3 heterocycles. The average Bonchev–Trinajstić information content (AvgIpc) is 3.13. The van der Waals surface area contributed by atoms with Gasteiger partial charge in [0, 0.05) is 36.8 Å². The van der Waals surface area contributed by atoms with Gasteiger partial charge in [0.15, 0.2) is 0 Å². The summed E-state index contributed by atoms with van der Waals surface area (Å²) in [7, 11) is 1.74. The van der Waals surface area contributed by atoms with Crippen molar-refractivity contribution in [2.75, 3.05) is 12.8 Å². The van der Waals surface area contributed by atoms with Crippen LogP contribution in [-0.2, 0) is 13.1 Å². The Hall–Kier alpha value is -4.01. The highest BCUT2D eigenvalue weighted by molar-refractivity contribution is 6.07. The summed E-state index contributed by atoms with van der Waals surface area (Å²) in [6.07, 6.45) is 3.33. The number of nitrogens with two attached hydrogens (primary N) is 1. The Labute approximate surface area is 185 Å². The number of carbonyl (C=O) groups excluding carboxylic acids is 1. The number of nitrogen functional groups attached to an aromatic ring is 1. The van der Waals surface area contributed by atoms with Crippen molar-refractivity contribution in [3.05, 3.63) is 59.2 Å². The van der Waals surface area contributed by atoms with Crippen molar-refractivity contribution >= 4 is 22.6 Å². The number of aryl methyl sites for hydroxylation is 2. The fourth-order valence-corrected chi connectivity index (χ4v) is 3.63. The summed E-state index contributed by atoms with van der Waals surface area (Å²) in [5.41, 5.74) is 10.4. The Morgan fingerprint density at radius 1 is 1.16 bits per heavy atom. The zero-order chi connectivity index (χ0) is 23.0. The number of nitrogens with zero attached hydrogens (tertiary/aromatic N) is 6. The first-order valence-corrected chi connectivity index (χ1v) is 10.3. The Balaban J connectivity index is 1.78. The SMILES string of the molecule is CCn1ncc(CN(C)C(=O)c2cc(-c3cnc(N)c(C)n3)nc3ccc(O)cc23)c1C. The molecule has 0 aliphatic carbocycles. The van der Waals surface area contributed by atoms with E-state index in [0.29, 0.717) is 45.9 Å². The van der Waals surface area contributed by atoms with Crippen LogP contribution in [-0.4, -0.2) is 47.7 Å². The molecule has 4 aromatic rings. The lowest BCUT2D eigenvalue weighted by atomic mass is 10.0. The van der Waals surface area contributed by atoms with Crippen LogP contribution in [0.1, 0.15) is 34.2 Å². The van der Waals surface area contributed by atoms with Crippen LogP contribution in [0.4, 0.5) is 5.82 Å². The van der Waals surface area contributed by atoms with Gasteiger partial charge in [-0.1, -0.05) is 0 Å². The number of rotatable bonds is 5. The van der Waals surface area contributed by atoms with Crippen LogP contribution in [0, 0.1) is 13.8 Å². The normalized spacial score (nSPS) is 11.1. The molecule has 9 heteroatoms. The second-order valence-electron chi connectivity index (χ2n) is 7.71. The number of phenols is 1. The number of hydrogen-bond donors (Lipinski definition) is 2. The summed E-state index contributed by atoms with van der Waals surface area (Å²) in [5, 5.41) is 15.0. The quantitative estimate of drug-likeness (QED) is 0.498. The van der Waals surface area contributed by atoms with Crippen LogP contribution in [0.15, 0.2) is 36.7 Å². The molecule has 3 N–H and O–H groups in total. The summed E-state index contributed by atoms with van der Waals surface area (Å²) >= 11 is 0. The summed E-state index contributed by atoms with van der Waals surface area (Å²) in [4.78, 5) is 28.4. The molecule has 1 amide bonds. The number of pyridine rings is 1. The highest BCUT2D eigenvalue weighted by Gasteiger charge is 2.20. The Morgan fingerprint density at radius 3 is 2.62 bits per heavy atom. The van der Waals surface area contributed by atoms with Crippen LogP contribution in [0.2, 0.25) is 0 Å². The Morgan fingerprint density at radius 2 is 1.94 bits per heavy atom. The highest BCUT2D eigenvalue weighted by atomic mass is 16.3. The maximum atomic E-state index is 13.5. The fraction of sp³-hybridized carbons (Fsp3) is 0.261. The monoisotopic (exact) mass is 431 g/mol. The third-order valence-electron chi connectivity index (χ3n) is 5.53. The first-order valence-electron chi connectivity index (χ1n) is 10.3. The van der Waals surface area contributed by atoms with Crippen molar-refractivity contribution in [1.82, 2.24) is 29.6 Å². The van der Waals surface area contributed by atoms with E-state index in [1.807, 2.05) is 18.5 Å². The van der Waals surface area contributed by atoms with Crippen LogP contribution in [0.5, 0.6) is 5.75 Å². The summed E-state index contributed by atoms with van der Waals surface area (Å²) in [6, 6.07) is 6.45. The van der Waals surface area contributed by atoms with Gasteiger partial charge in [0.05, 0.1) is 34.9 Å². The minimum Gasteiger partial charge on any atom is -0.508 e. The molecule has 0 radical (unpaired) electrons. The molecule has 0 fully saturated rings. The Bertz CT molecular complexity index is 1330. The van der Waals surface area contributed by atoms with Crippen molar-refractivity contribution in [2.24, 2.45) is 0 Å². The second-order valence-corrected chi connectivity index (χ2v) is 7.71. The zero-order valence-corrected chi connectivity index (χ0v) is 18.5. The number of phenolic OH excluding ortho intramolecular Hbond substituents is 1. The van der Waals surface area contributed by atoms with Gasteiger partial charge in [-0.2, -0.15) is 5.10 Å². The van der Waals surface area contributed by atoms with E-state index >= 15 is 0 Å². The number of amides is 1. The third kappa shape index (κ3) is 3.84. The van der Waals surface area contributed by atoms with Gasteiger partial charge in [0.1, 0.15) is 17.3 Å². The first-order chi connectivity index (χ1) is 15.3. The molecule has 0 spiro atoms. The summed E-state index contributed by atoms with van der Waals surface area (Å²) < 4.78 is 1.90. The second kappa shape index (κ2) is 8.26. The molecule has 0 unspecified atom stereocenters.